The lowest BCUT2D eigenvalue weighted by molar-refractivity contribution is -0.142. The molecule has 9 nitrogen and oxygen atoms in total. The summed E-state index contributed by atoms with van der Waals surface area (Å²) in [6.07, 6.45) is 1.80. The second-order valence-electron chi connectivity index (χ2n) is 9.40. The molecule has 2 atom stereocenters. The maximum absolute atomic E-state index is 13.5. The van der Waals surface area contributed by atoms with E-state index < -0.39 is 12.1 Å². The summed E-state index contributed by atoms with van der Waals surface area (Å²) in [5.41, 5.74) is 6.58. The molecule has 33 heavy (non-hydrogen) atoms. The Bertz CT molecular complexity index is 829. The molecule has 2 heterocycles. The van der Waals surface area contributed by atoms with Crippen LogP contribution in [0, 0.1) is 11.8 Å². The highest BCUT2D eigenvalue weighted by Gasteiger charge is 2.43. The SMILES string of the molecule is CC(C)CNC(=O)N1CCC(=O)N2C[C@@H](Cc3ccc(O)cc3)C(=O)N(CCCCN)CC21. The first kappa shape index (κ1) is 24.8. The Morgan fingerprint density at radius 3 is 2.58 bits per heavy atom. The Labute approximate surface area is 195 Å². The fourth-order valence-corrected chi connectivity index (χ4v) is 4.47. The van der Waals surface area contributed by atoms with E-state index in [2.05, 4.69) is 5.32 Å². The molecular weight excluding hydrogens is 422 g/mol. The van der Waals surface area contributed by atoms with Crippen molar-refractivity contribution in [2.24, 2.45) is 17.6 Å². The molecule has 0 spiro atoms. The fraction of sp³-hybridized carbons (Fsp3) is 0.625. The largest absolute Gasteiger partial charge is 0.508 e. The molecule has 0 aliphatic carbocycles. The fourth-order valence-electron chi connectivity index (χ4n) is 4.47. The lowest BCUT2D eigenvalue weighted by Crippen LogP contribution is -2.62. The monoisotopic (exact) mass is 459 g/mol. The normalized spacial score (nSPS) is 21.3. The molecule has 2 aliphatic heterocycles. The summed E-state index contributed by atoms with van der Waals surface area (Å²) in [7, 11) is 0. The number of hydrogen-bond donors (Lipinski definition) is 3. The van der Waals surface area contributed by atoms with Crippen molar-refractivity contribution in [1.29, 1.82) is 0 Å². The van der Waals surface area contributed by atoms with Crippen LogP contribution in [0.2, 0.25) is 0 Å². The second kappa shape index (κ2) is 11.4. The minimum Gasteiger partial charge on any atom is -0.508 e. The number of nitrogens with one attached hydrogen (secondary N) is 1. The van der Waals surface area contributed by atoms with Gasteiger partial charge in [-0.25, -0.2) is 4.79 Å². The number of hydrogen-bond acceptors (Lipinski definition) is 5. The number of unbranched alkanes of at least 4 members (excludes halogenated alkanes) is 1. The Balaban J connectivity index is 1.85. The van der Waals surface area contributed by atoms with Crippen LogP contribution in [-0.2, 0) is 16.0 Å². The lowest BCUT2D eigenvalue weighted by Gasteiger charge is -2.43. The zero-order valence-electron chi connectivity index (χ0n) is 19.7. The van der Waals surface area contributed by atoms with Gasteiger partial charge >= 0.3 is 6.03 Å². The van der Waals surface area contributed by atoms with Crippen molar-refractivity contribution in [2.45, 2.75) is 45.7 Å². The first-order valence-electron chi connectivity index (χ1n) is 11.9. The molecule has 0 aromatic heterocycles. The smallest absolute Gasteiger partial charge is 0.319 e. The van der Waals surface area contributed by atoms with Crippen molar-refractivity contribution in [1.82, 2.24) is 20.0 Å². The van der Waals surface area contributed by atoms with E-state index in [-0.39, 0.29) is 36.6 Å². The van der Waals surface area contributed by atoms with E-state index in [0.29, 0.717) is 45.1 Å². The number of urea groups is 1. The highest BCUT2D eigenvalue weighted by molar-refractivity contribution is 5.85. The minimum atomic E-state index is -0.481. The molecule has 1 unspecified atom stereocenters. The number of phenolic OH excluding ortho intramolecular Hbond substituents is 1. The minimum absolute atomic E-state index is 0.00941. The van der Waals surface area contributed by atoms with Crippen LogP contribution in [0.3, 0.4) is 0 Å². The van der Waals surface area contributed by atoms with E-state index in [1.54, 1.807) is 39.0 Å². The summed E-state index contributed by atoms with van der Waals surface area (Å²) in [6.45, 7) is 6.63. The second-order valence-corrected chi connectivity index (χ2v) is 9.40. The van der Waals surface area contributed by atoms with Gasteiger partial charge < -0.3 is 30.9 Å². The van der Waals surface area contributed by atoms with Crippen molar-refractivity contribution in [2.75, 3.05) is 39.3 Å². The Morgan fingerprint density at radius 2 is 1.91 bits per heavy atom. The summed E-state index contributed by atoms with van der Waals surface area (Å²) < 4.78 is 0. The molecular formula is C24H37N5O4. The van der Waals surface area contributed by atoms with Gasteiger partial charge in [-0.1, -0.05) is 26.0 Å². The molecule has 1 aromatic carbocycles. The summed E-state index contributed by atoms with van der Waals surface area (Å²) in [5, 5.41) is 12.5. The van der Waals surface area contributed by atoms with Gasteiger partial charge in [0.25, 0.3) is 0 Å². The van der Waals surface area contributed by atoms with Gasteiger partial charge in [-0.3, -0.25) is 9.59 Å². The van der Waals surface area contributed by atoms with Crippen LogP contribution in [-0.4, -0.2) is 83.1 Å². The van der Waals surface area contributed by atoms with E-state index >= 15 is 0 Å². The Kier molecular flexibility index (Phi) is 8.55. The molecule has 4 amide bonds. The molecule has 0 radical (unpaired) electrons. The van der Waals surface area contributed by atoms with Gasteiger partial charge in [-0.05, 0) is 49.4 Å². The van der Waals surface area contributed by atoms with Gasteiger partial charge in [0.2, 0.25) is 11.8 Å². The predicted molar refractivity (Wildman–Crippen MR) is 125 cm³/mol. The first-order valence-corrected chi connectivity index (χ1v) is 11.9. The number of carbonyl (C=O) groups is 3. The molecule has 4 N–H and O–H groups in total. The quantitative estimate of drug-likeness (QED) is 0.507. The molecule has 182 valence electrons. The van der Waals surface area contributed by atoms with Gasteiger partial charge in [0.05, 0.1) is 12.5 Å². The summed E-state index contributed by atoms with van der Waals surface area (Å²) >= 11 is 0. The number of carbonyl (C=O) groups excluding carboxylic acids is 3. The van der Waals surface area contributed by atoms with E-state index in [1.165, 1.54) is 0 Å². The van der Waals surface area contributed by atoms with Gasteiger partial charge in [-0.2, -0.15) is 0 Å². The van der Waals surface area contributed by atoms with E-state index in [1.807, 2.05) is 13.8 Å². The van der Waals surface area contributed by atoms with Crippen molar-refractivity contribution < 1.29 is 19.5 Å². The number of rotatable bonds is 8. The predicted octanol–water partition coefficient (Wildman–Crippen LogP) is 1.36. The maximum atomic E-state index is 13.5. The molecule has 2 saturated heterocycles. The zero-order chi connectivity index (χ0) is 24.0. The van der Waals surface area contributed by atoms with Crippen LogP contribution in [0.15, 0.2) is 24.3 Å². The van der Waals surface area contributed by atoms with E-state index in [0.717, 1.165) is 18.4 Å². The van der Waals surface area contributed by atoms with Gasteiger partial charge in [-0.15, -0.1) is 0 Å². The van der Waals surface area contributed by atoms with Crippen LogP contribution in [0.1, 0.15) is 38.7 Å². The number of fused-ring (bicyclic) bond motifs is 1. The van der Waals surface area contributed by atoms with Crippen molar-refractivity contribution >= 4 is 17.8 Å². The average Bonchev–Trinajstić information content (AvgIpc) is 2.92. The molecule has 9 heteroatoms. The van der Waals surface area contributed by atoms with Crippen molar-refractivity contribution in [3.8, 4) is 5.75 Å². The third kappa shape index (κ3) is 6.37. The summed E-state index contributed by atoms with van der Waals surface area (Å²) in [6, 6.07) is 6.61. The Morgan fingerprint density at radius 1 is 1.18 bits per heavy atom. The van der Waals surface area contributed by atoms with Crippen LogP contribution < -0.4 is 11.1 Å². The number of nitrogens with two attached hydrogens (primary N) is 1. The average molecular weight is 460 g/mol. The number of phenols is 1. The molecule has 1 aromatic rings. The third-order valence-corrected chi connectivity index (χ3v) is 6.29. The third-order valence-electron chi connectivity index (χ3n) is 6.29. The summed E-state index contributed by atoms with van der Waals surface area (Å²) in [5.74, 6) is 0.0309. The van der Waals surface area contributed by atoms with Crippen molar-refractivity contribution in [3.05, 3.63) is 29.8 Å². The first-order chi connectivity index (χ1) is 15.8. The topological polar surface area (TPSA) is 119 Å². The standard InChI is InChI=1S/C24H37N5O4/c1-17(2)14-26-24(33)28-12-9-22(31)29-15-19(13-18-5-7-20(30)8-6-18)23(32)27(16-21(28)29)11-4-3-10-25/h5-8,17,19,21,30H,3-4,9-16,25H2,1-2H3,(H,26,33)/t19-,21?/m1/s1. The molecule has 0 saturated carbocycles. The number of nitrogens with zero attached hydrogens (tertiary/aromatic N) is 3. The highest BCUT2D eigenvalue weighted by Crippen LogP contribution is 2.26. The van der Waals surface area contributed by atoms with Crippen LogP contribution in [0.4, 0.5) is 4.79 Å². The van der Waals surface area contributed by atoms with Gasteiger partial charge in [0.15, 0.2) is 0 Å². The van der Waals surface area contributed by atoms with Gasteiger partial charge in [0.1, 0.15) is 11.9 Å². The number of benzene rings is 1. The zero-order valence-corrected chi connectivity index (χ0v) is 19.7. The van der Waals surface area contributed by atoms with E-state index in [9.17, 15) is 19.5 Å². The molecule has 3 rings (SSSR count). The summed E-state index contributed by atoms with van der Waals surface area (Å²) in [4.78, 5) is 44.6. The number of amides is 4. The van der Waals surface area contributed by atoms with Crippen LogP contribution in [0.25, 0.3) is 0 Å². The van der Waals surface area contributed by atoms with E-state index in [4.69, 9.17) is 5.73 Å². The van der Waals surface area contributed by atoms with Crippen LogP contribution in [0.5, 0.6) is 5.75 Å². The molecule has 2 fully saturated rings. The number of aromatic hydroxyl groups is 1. The van der Waals surface area contributed by atoms with Gasteiger partial charge in [0, 0.05) is 32.6 Å². The van der Waals surface area contributed by atoms with Crippen LogP contribution >= 0.6 is 0 Å². The highest BCUT2D eigenvalue weighted by atomic mass is 16.3. The van der Waals surface area contributed by atoms with Crippen molar-refractivity contribution in [3.63, 3.8) is 0 Å². The molecule has 2 aliphatic rings. The maximum Gasteiger partial charge on any atom is 0.319 e. The Hall–Kier alpha value is -2.81. The molecule has 0 bridgehead atoms. The lowest BCUT2D eigenvalue weighted by atomic mass is 9.97.